The van der Waals surface area contributed by atoms with Gasteiger partial charge in [0.1, 0.15) is 5.75 Å². The van der Waals surface area contributed by atoms with Crippen LogP contribution in [-0.4, -0.2) is 28.5 Å². The van der Waals surface area contributed by atoms with Gasteiger partial charge in [-0.2, -0.15) is 4.98 Å². The van der Waals surface area contributed by atoms with E-state index in [-0.39, 0.29) is 11.7 Å². The van der Waals surface area contributed by atoms with Gasteiger partial charge in [0.25, 0.3) is 5.89 Å². The van der Waals surface area contributed by atoms with Crippen molar-refractivity contribution >= 4 is 15.9 Å². The number of halogens is 1. The van der Waals surface area contributed by atoms with Gasteiger partial charge in [-0.05, 0) is 31.0 Å². The minimum atomic E-state index is 0.122. The van der Waals surface area contributed by atoms with Crippen LogP contribution in [0, 0.1) is 0 Å². The highest BCUT2D eigenvalue weighted by Crippen LogP contribution is 2.32. The predicted molar refractivity (Wildman–Crippen MR) is 71.9 cm³/mol. The Morgan fingerprint density at radius 1 is 1.26 bits per heavy atom. The molecule has 0 amide bonds. The zero-order chi connectivity index (χ0) is 13.2. The fraction of sp³-hybridized carbons (Fsp3) is 0.385. The predicted octanol–water partition coefficient (Wildman–Crippen LogP) is 3.10. The van der Waals surface area contributed by atoms with Crippen molar-refractivity contribution < 1.29 is 14.4 Å². The van der Waals surface area contributed by atoms with Gasteiger partial charge in [-0.25, -0.2) is 0 Å². The van der Waals surface area contributed by atoms with Crippen LogP contribution in [0.3, 0.4) is 0 Å². The molecule has 1 N–H and O–H groups in total. The van der Waals surface area contributed by atoms with E-state index in [4.69, 9.17) is 9.26 Å². The van der Waals surface area contributed by atoms with Gasteiger partial charge < -0.3 is 14.4 Å². The second kappa shape index (κ2) is 5.30. The molecular weight excluding hydrogens is 312 g/mol. The fourth-order valence-corrected chi connectivity index (χ4v) is 2.50. The molecule has 6 heteroatoms. The van der Waals surface area contributed by atoms with Gasteiger partial charge in [0.15, 0.2) is 5.82 Å². The molecule has 1 saturated heterocycles. The summed E-state index contributed by atoms with van der Waals surface area (Å²) >= 11 is 3.30. The Hall–Kier alpha value is -1.40. The van der Waals surface area contributed by atoms with Crippen molar-refractivity contribution in [3.05, 3.63) is 28.5 Å². The Bertz CT molecular complexity index is 579. The summed E-state index contributed by atoms with van der Waals surface area (Å²) in [5, 5.41) is 13.9. The molecule has 1 aromatic heterocycles. The van der Waals surface area contributed by atoms with E-state index >= 15 is 0 Å². The topological polar surface area (TPSA) is 68.4 Å². The first-order valence-electron chi connectivity index (χ1n) is 6.14. The smallest absolute Gasteiger partial charge is 0.261 e. The maximum Gasteiger partial charge on any atom is 0.261 e. The van der Waals surface area contributed by atoms with Crippen LogP contribution in [0.5, 0.6) is 5.75 Å². The summed E-state index contributed by atoms with van der Waals surface area (Å²) in [4.78, 5) is 4.39. The van der Waals surface area contributed by atoms with Crippen molar-refractivity contribution in [1.29, 1.82) is 0 Å². The number of nitrogens with zero attached hydrogens (tertiary/aromatic N) is 2. The molecule has 2 heterocycles. The zero-order valence-electron chi connectivity index (χ0n) is 10.2. The number of rotatable bonds is 2. The van der Waals surface area contributed by atoms with E-state index in [1.165, 1.54) is 0 Å². The van der Waals surface area contributed by atoms with Crippen molar-refractivity contribution in [3.63, 3.8) is 0 Å². The molecule has 1 aromatic carbocycles. The first kappa shape index (κ1) is 12.6. The van der Waals surface area contributed by atoms with Crippen LogP contribution in [-0.2, 0) is 4.74 Å². The molecule has 0 bridgehead atoms. The Balaban J connectivity index is 1.87. The molecule has 0 spiro atoms. The van der Waals surface area contributed by atoms with Crippen LogP contribution < -0.4 is 0 Å². The summed E-state index contributed by atoms with van der Waals surface area (Å²) in [6.45, 7) is 1.47. The summed E-state index contributed by atoms with van der Waals surface area (Å²) in [5.41, 5.74) is 0.550. The molecule has 19 heavy (non-hydrogen) atoms. The Morgan fingerprint density at radius 3 is 2.79 bits per heavy atom. The highest BCUT2D eigenvalue weighted by atomic mass is 79.9. The van der Waals surface area contributed by atoms with E-state index < -0.39 is 0 Å². The lowest BCUT2D eigenvalue weighted by Crippen LogP contribution is -2.15. The highest BCUT2D eigenvalue weighted by Gasteiger charge is 2.22. The monoisotopic (exact) mass is 324 g/mol. The Kier molecular flexibility index (Phi) is 3.52. The highest BCUT2D eigenvalue weighted by molar-refractivity contribution is 9.10. The summed E-state index contributed by atoms with van der Waals surface area (Å²) < 4.78 is 11.4. The largest absolute Gasteiger partial charge is 0.507 e. The molecule has 100 valence electrons. The van der Waals surface area contributed by atoms with E-state index in [1.54, 1.807) is 12.1 Å². The van der Waals surface area contributed by atoms with E-state index in [0.717, 1.165) is 30.5 Å². The van der Waals surface area contributed by atoms with Gasteiger partial charge in [-0.3, -0.25) is 0 Å². The van der Waals surface area contributed by atoms with Crippen LogP contribution in [0.1, 0.15) is 24.6 Å². The van der Waals surface area contributed by atoms with E-state index in [2.05, 4.69) is 26.1 Å². The lowest BCUT2D eigenvalue weighted by molar-refractivity contribution is 0.0830. The Labute approximate surface area is 118 Å². The number of hydrogen-bond acceptors (Lipinski definition) is 5. The second-order valence-electron chi connectivity index (χ2n) is 4.51. The maximum absolute atomic E-state index is 9.89. The van der Waals surface area contributed by atoms with Crippen molar-refractivity contribution in [1.82, 2.24) is 10.1 Å². The lowest BCUT2D eigenvalue weighted by atomic mass is 10.00. The summed E-state index contributed by atoms with van der Waals surface area (Å²) in [7, 11) is 0. The molecule has 3 rings (SSSR count). The molecule has 0 saturated carbocycles. The molecule has 1 aliphatic rings. The Morgan fingerprint density at radius 2 is 2.05 bits per heavy atom. The first-order chi connectivity index (χ1) is 9.24. The summed E-state index contributed by atoms with van der Waals surface area (Å²) in [6, 6.07) is 5.18. The van der Waals surface area contributed by atoms with E-state index in [1.807, 2.05) is 6.07 Å². The standard InChI is InChI=1S/C13H13BrN2O3/c14-9-1-2-10(11(17)7-9)13-15-12(16-19-13)8-3-5-18-6-4-8/h1-2,7-8,17H,3-6H2. The van der Waals surface area contributed by atoms with Crippen LogP contribution in [0.4, 0.5) is 0 Å². The normalized spacial score (nSPS) is 16.7. The van der Waals surface area contributed by atoms with Gasteiger partial charge in [0.05, 0.1) is 5.56 Å². The van der Waals surface area contributed by atoms with Crippen LogP contribution in [0.2, 0.25) is 0 Å². The van der Waals surface area contributed by atoms with Gasteiger partial charge in [-0.1, -0.05) is 21.1 Å². The zero-order valence-corrected chi connectivity index (χ0v) is 11.8. The van der Waals surface area contributed by atoms with Gasteiger partial charge in [0.2, 0.25) is 0 Å². The third-order valence-corrected chi connectivity index (χ3v) is 3.71. The first-order valence-corrected chi connectivity index (χ1v) is 6.93. The van der Waals surface area contributed by atoms with Gasteiger partial charge in [-0.15, -0.1) is 0 Å². The van der Waals surface area contributed by atoms with Crippen molar-refractivity contribution in [3.8, 4) is 17.2 Å². The van der Waals surface area contributed by atoms with Crippen LogP contribution >= 0.6 is 15.9 Å². The number of benzene rings is 1. The van der Waals surface area contributed by atoms with Crippen molar-refractivity contribution in [2.45, 2.75) is 18.8 Å². The maximum atomic E-state index is 9.89. The van der Waals surface area contributed by atoms with E-state index in [9.17, 15) is 5.11 Å². The summed E-state index contributed by atoms with van der Waals surface area (Å²) in [6.07, 6.45) is 1.82. The molecule has 1 aliphatic heterocycles. The van der Waals surface area contributed by atoms with Gasteiger partial charge >= 0.3 is 0 Å². The molecule has 0 unspecified atom stereocenters. The average molecular weight is 325 g/mol. The number of phenolic OH excluding ortho intramolecular Hbond substituents is 1. The quantitative estimate of drug-likeness (QED) is 0.919. The molecule has 5 nitrogen and oxygen atoms in total. The number of ether oxygens (including phenoxy) is 1. The number of phenols is 1. The third kappa shape index (κ3) is 2.64. The van der Waals surface area contributed by atoms with Crippen LogP contribution in [0.15, 0.2) is 27.2 Å². The number of hydrogen-bond donors (Lipinski definition) is 1. The molecule has 0 radical (unpaired) electrons. The third-order valence-electron chi connectivity index (χ3n) is 3.22. The molecular formula is C13H13BrN2O3. The second-order valence-corrected chi connectivity index (χ2v) is 5.42. The lowest BCUT2D eigenvalue weighted by Gasteiger charge is -2.18. The molecule has 0 aliphatic carbocycles. The molecule has 1 fully saturated rings. The van der Waals surface area contributed by atoms with Crippen molar-refractivity contribution in [2.24, 2.45) is 0 Å². The minimum Gasteiger partial charge on any atom is -0.507 e. The minimum absolute atomic E-state index is 0.122. The van der Waals surface area contributed by atoms with Crippen LogP contribution in [0.25, 0.3) is 11.5 Å². The SMILES string of the molecule is Oc1cc(Br)ccc1-c1nc(C2CCOCC2)no1. The number of aromatic nitrogens is 2. The van der Waals surface area contributed by atoms with E-state index in [0.29, 0.717) is 17.3 Å². The van der Waals surface area contributed by atoms with Gasteiger partial charge in [0, 0.05) is 23.6 Å². The summed E-state index contributed by atoms with van der Waals surface area (Å²) in [5.74, 6) is 1.45. The fourth-order valence-electron chi connectivity index (χ4n) is 2.15. The molecule has 2 aromatic rings. The van der Waals surface area contributed by atoms with Crippen molar-refractivity contribution in [2.75, 3.05) is 13.2 Å². The average Bonchev–Trinajstić information content (AvgIpc) is 2.89. The molecule has 0 atom stereocenters. The number of aromatic hydroxyl groups is 1.